The van der Waals surface area contributed by atoms with Gasteiger partial charge in [-0.15, -0.1) is 11.3 Å². The van der Waals surface area contributed by atoms with Crippen molar-refractivity contribution < 1.29 is 19.2 Å². The predicted octanol–water partition coefficient (Wildman–Crippen LogP) is 1.68. The van der Waals surface area contributed by atoms with E-state index in [2.05, 4.69) is 5.38 Å². The fourth-order valence-corrected chi connectivity index (χ4v) is 3.73. The van der Waals surface area contributed by atoms with Crippen molar-refractivity contribution in [2.24, 2.45) is 0 Å². The van der Waals surface area contributed by atoms with Crippen molar-refractivity contribution in [1.82, 2.24) is 9.88 Å². The van der Waals surface area contributed by atoms with Crippen LogP contribution >= 0.6 is 11.3 Å². The van der Waals surface area contributed by atoms with Gasteiger partial charge in [0.05, 0.1) is 39.9 Å². The fourth-order valence-electron chi connectivity index (χ4n) is 2.91. The zero-order chi connectivity index (χ0) is 17.6. The Kier molecular flexibility index (Phi) is 5.88. The van der Waals surface area contributed by atoms with Crippen molar-refractivity contribution in [3.63, 3.8) is 0 Å². The van der Waals surface area contributed by atoms with Gasteiger partial charge in [-0.3, -0.25) is 4.90 Å². The SMILES string of the molecule is CCOC(=O)N1CC[NH+](Cc2csc(-c3ccc(OC)cc3)n2)CC1. The Morgan fingerprint density at radius 2 is 2.00 bits per heavy atom. The lowest BCUT2D eigenvalue weighted by Crippen LogP contribution is -3.13. The maximum Gasteiger partial charge on any atom is 0.410 e. The van der Waals surface area contributed by atoms with Gasteiger partial charge in [-0.1, -0.05) is 0 Å². The third-order valence-corrected chi connectivity index (χ3v) is 5.26. The first-order valence-electron chi connectivity index (χ1n) is 8.53. The molecule has 1 amide bonds. The molecule has 3 rings (SSSR count). The lowest BCUT2D eigenvalue weighted by Gasteiger charge is -2.31. The highest BCUT2D eigenvalue weighted by molar-refractivity contribution is 7.13. The van der Waals surface area contributed by atoms with E-state index in [9.17, 15) is 4.79 Å². The summed E-state index contributed by atoms with van der Waals surface area (Å²) in [5.74, 6) is 0.851. The molecular formula is C18H24N3O3S+. The molecule has 0 saturated carbocycles. The number of hydrogen-bond acceptors (Lipinski definition) is 5. The first kappa shape index (κ1) is 17.7. The molecule has 0 unspecified atom stereocenters. The molecule has 2 aromatic rings. The monoisotopic (exact) mass is 362 g/mol. The van der Waals surface area contributed by atoms with E-state index < -0.39 is 0 Å². The number of carbonyl (C=O) groups is 1. The summed E-state index contributed by atoms with van der Waals surface area (Å²) in [6.45, 7) is 6.49. The van der Waals surface area contributed by atoms with Gasteiger partial charge in [-0.05, 0) is 31.2 Å². The fraction of sp³-hybridized carbons (Fsp3) is 0.444. The number of aromatic nitrogens is 1. The van der Waals surface area contributed by atoms with Crippen LogP contribution in [0.1, 0.15) is 12.6 Å². The number of rotatable bonds is 5. The smallest absolute Gasteiger partial charge is 0.410 e. The Balaban J connectivity index is 1.54. The number of nitrogens with zero attached hydrogens (tertiary/aromatic N) is 2. The highest BCUT2D eigenvalue weighted by Gasteiger charge is 2.25. The summed E-state index contributed by atoms with van der Waals surface area (Å²) < 4.78 is 10.3. The van der Waals surface area contributed by atoms with E-state index in [1.54, 1.807) is 23.3 Å². The van der Waals surface area contributed by atoms with Crippen molar-refractivity contribution >= 4 is 17.4 Å². The van der Waals surface area contributed by atoms with E-state index in [0.29, 0.717) is 6.61 Å². The molecule has 1 fully saturated rings. The molecule has 1 aliphatic rings. The minimum atomic E-state index is -0.197. The average Bonchev–Trinajstić information content (AvgIpc) is 3.11. The topological polar surface area (TPSA) is 56.1 Å². The number of ether oxygens (including phenoxy) is 2. The second-order valence-corrected chi connectivity index (χ2v) is 6.84. The number of nitrogens with one attached hydrogen (secondary N) is 1. The molecule has 1 aromatic carbocycles. The minimum Gasteiger partial charge on any atom is -0.497 e. The maximum absolute atomic E-state index is 11.7. The molecule has 0 radical (unpaired) electrons. The summed E-state index contributed by atoms with van der Waals surface area (Å²) in [5, 5.41) is 3.16. The van der Waals surface area contributed by atoms with Crippen molar-refractivity contribution in [2.75, 3.05) is 39.9 Å². The zero-order valence-electron chi connectivity index (χ0n) is 14.7. The standard InChI is InChI=1S/C18H23N3O3S/c1-3-24-18(22)21-10-8-20(9-11-21)12-15-13-25-17(19-15)14-4-6-16(23-2)7-5-14/h4-7,13H,3,8-12H2,1-2H3/p+1. The number of quaternary nitrogens is 1. The Morgan fingerprint density at radius 1 is 1.28 bits per heavy atom. The number of thiazole rings is 1. The van der Waals surface area contributed by atoms with Crippen molar-refractivity contribution in [1.29, 1.82) is 0 Å². The molecule has 1 saturated heterocycles. The molecular weight excluding hydrogens is 338 g/mol. The summed E-state index contributed by atoms with van der Waals surface area (Å²) >= 11 is 1.67. The molecule has 25 heavy (non-hydrogen) atoms. The van der Waals surface area contributed by atoms with E-state index in [4.69, 9.17) is 14.5 Å². The quantitative estimate of drug-likeness (QED) is 0.879. The summed E-state index contributed by atoms with van der Waals surface area (Å²) in [4.78, 5) is 19.7. The molecule has 6 nitrogen and oxygen atoms in total. The van der Waals surface area contributed by atoms with Crippen molar-refractivity contribution in [2.45, 2.75) is 13.5 Å². The molecule has 2 heterocycles. The summed E-state index contributed by atoms with van der Waals surface area (Å²) in [6.07, 6.45) is -0.197. The highest BCUT2D eigenvalue weighted by Crippen LogP contribution is 2.25. The molecule has 1 aliphatic heterocycles. The van der Waals surface area contributed by atoms with Gasteiger partial charge in [-0.25, -0.2) is 9.78 Å². The molecule has 1 N–H and O–H groups in total. The maximum atomic E-state index is 11.7. The number of carbonyl (C=O) groups excluding carboxylic acids is 1. The van der Waals surface area contributed by atoms with E-state index in [-0.39, 0.29) is 6.09 Å². The van der Waals surface area contributed by atoms with Crippen LogP contribution in [0.15, 0.2) is 29.6 Å². The van der Waals surface area contributed by atoms with E-state index in [1.807, 2.05) is 31.2 Å². The van der Waals surface area contributed by atoms with Gasteiger partial charge < -0.3 is 14.4 Å². The van der Waals surface area contributed by atoms with Crippen LogP contribution in [0.5, 0.6) is 5.75 Å². The van der Waals surface area contributed by atoms with Crippen LogP contribution in [-0.2, 0) is 11.3 Å². The molecule has 0 atom stereocenters. The Bertz CT molecular complexity index is 694. The molecule has 0 aliphatic carbocycles. The molecule has 134 valence electrons. The lowest BCUT2D eigenvalue weighted by molar-refractivity contribution is -0.917. The first-order chi connectivity index (χ1) is 12.2. The molecule has 1 aromatic heterocycles. The largest absolute Gasteiger partial charge is 0.497 e. The van der Waals surface area contributed by atoms with Crippen LogP contribution in [0.3, 0.4) is 0 Å². The average molecular weight is 362 g/mol. The van der Waals surface area contributed by atoms with Crippen LogP contribution in [0.4, 0.5) is 4.79 Å². The third-order valence-electron chi connectivity index (χ3n) is 4.32. The van der Waals surface area contributed by atoms with Gasteiger partial charge in [0.2, 0.25) is 0 Å². The number of hydrogen-bond donors (Lipinski definition) is 1. The normalized spacial score (nSPS) is 15.2. The van der Waals surface area contributed by atoms with Gasteiger partial charge in [0.15, 0.2) is 0 Å². The number of piperazine rings is 1. The second-order valence-electron chi connectivity index (χ2n) is 5.99. The number of methoxy groups -OCH3 is 1. The van der Waals surface area contributed by atoms with E-state index in [1.165, 1.54) is 4.90 Å². The second kappa shape index (κ2) is 8.31. The van der Waals surface area contributed by atoms with Crippen LogP contribution in [0, 0.1) is 0 Å². The van der Waals surface area contributed by atoms with Crippen molar-refractivity contribution in [3.8, 4) is 16.3 Å². The van der Waals surface area contributed by atoms with Crippen LogP contribution in [0.25, 0.3) is 10.6 Å². The van der Waals surface area contributed by atoms with Gasteiger partial charge in [0.25, 0.3) is 0 Å². The lowest BCUT2D eigenvalue weighted by atomic mass is 10.2. The van der Waals surface area contributed by atoms with Crippen LogP contribution < -0.4 is 9.64 Å². The van der Waals surface area contributed by atoms with Crippen LogP contribution in [0.2, 0.25) is 0 Å². The van der Waals surface area contributed by atoms with Gasteiger partial charge >= 0.3 is 6.09 Å². The first-order valence-corrected chi connectivity index (χ1v) is 9.41. The zero-order valence-corrected chi connectivity index (χ0v) is 15.5. The molecule has 0 spiro atoms. The summed E-state index contributed by atoms with van der Waals surface area (Å²) in [5.41, 5.74) is 2.22. The van der Waals surface area contributed by atoms with Crippen LogP contribution in [-0.4, -0.2) is 55.9 Å². The van der Waals surface area contributed by atoms with E-state index >= 15 is 0 Å². The van der Waals surface area contributed by atoms with E-state index in [0.717, 1.165) is 54.7 Å². The summed E-state index contributed by atoms with van der Waals surface area (Å²) in [7, 11) is 1.67. The van der Waals surface area contributed by atoms with Gasteiger partial charge in [-0.2, -0.15) is 0 Å². The third kappa shape index (κ3) is 4.49. The minimum absolute atomic E-state index is 0.197. The Hall–Kier alpha value is -2.12. The Morgan fingerprint density at radius 3 is 2.64 bits per heavy atom. The molecule has 0 bridgehead atoms. The molecule has 7 heteroatoms. The van der Waals surface area contributed by atoms with Gasteiger partial charge in [0.1, 0.15) is 23.0 Å². The van der Waals surface area contributed by atoms with Crippen molar-refractivity contribution in [3.05, 3.63) is 35.3 Å². The van der Waals surface area contributed by atoms with Gasteiger partial charge in [0, 0.05) is 10.9 Å². The summed E-state index contributed by atoms with van der Waals surface area (Å²) in [6, 6.07) is 7.98. The predicted molar refractivity (Wildman–Crippen MR) is 97.1 cm³/mol. The Labute approximate surface area is 152 Å². The highest BCUT2D eigenvalue weighted by atomic mass is 32.1. The number of amides is 1. The number of benzene rings is 1.